The fourth-order valence-corrected chi connectivity index (χ4v) is 2.81. The van der Waals surface area contributed by atoms with Crippen molar-refractivity contribution in [3.8, 4) is 5.75 Å². The largest absolute Gasteiger partial charge is 0.486 e. The first-order chi connectivity index (χ1) is 14.2. The SMILES string of the molecule is O=C(O[C@H](C(=O)NC1CC1)c1ccccc1)c1ccc(COc2ccccc2)o1. The summed E-state index contributed by atoms with van der Waals surface area (Å²) in [7, 11) is 0. The number of para-hydroxylation sites is 1. The highest BCUT2D eigenvalue weighted by Gasteiger charge is 2.31. The second-order valence-electron chi connectivity index (χ2n) is 6.85. The van der Waals surface area contributed by atoms with E-state index < -0.39 is 12.1 Å². The van der Waals surface area contributed by atoms with E-state index in [4.69, 9.17) is 13.9 Å². The van der Waals surface area contributed by atoms with Crippen LogP contribution < -0.4 is 10.1 Å². The molecule has 1 fully saturated rings. The number of hydrogen-bond donors (Lipinski definition) is 1. The Morgan fingerprint density at radius 1 is 0.966 bits per heavy atom. The Morgan fingerprint density at radius 2 is 1.66 bits per heavy atom. The molecule has 1 aliphatic rings. The van der Waals surface area contributed by atoms with Gasteiger partial charge in [-0.2, -0.15) is 0 Å². The van der Waals surface area contributed by atoms with Crippen LogP contribution in [0.4, 0.5) is 0 Å². The lowest BCUT2D eigenvalue weighted by molar-refractivity contribution is -0.130. The summed E-state index contributed by atoms with van der Waals surface area (Å²) in [4.78, 5) is 25.2. The van der Waals surface area contributed by atoms with Crippen LogP contribution in [-0.2, 0) is 16.1 Å². The fraction of sp³-hybridized carbons (Fsp3) is 0.217. The molecule has 0 aliphatic heterocycles. The summed E-state index contributed by atoms with van der Waals surface area (Å²) in [5.41, 5.74) is 0.609. The van der Waals surface area contributed by atoms with Gasteiger partial charge in [-0.05, 0) is 37.1 Å². The van der Waals surface area contributed by atoms with Gasteiger partial charge in [0.2, 0.25) is 11.9 Å². The maximum atomic E-state index is 12.6. The number of carbonyl (C=O) groups is 2. The molecule has 0 saturated heterocycles. The van der Waals surface area contributed by atoms with Crippen molar-refractivity contribution in [2.75, 3.05) is 0 Å². The third kappa shape index (κ3) is 5.04. The number of benzene rings is 2. The summed E-state index contributed by atoms with van der Waals surface area (Å²) in [6.45, 7) is 0.182. The standard InChI is InChI=1S/C23H21NO5/c25-22(24-17-11-12-17)21(16-7-3-1-4-8-16)29-23(26)20-14-13-19(28-20)15-27-18-9-5-2-6-10-18/h1-10,13-14,17,21H,11-12,15H2,(H,24,25)/t21-/m0/s1. The van der Waals surface area contributed by atoms with Gasteiger partial charge in [0.15, 0.2) is 0 Å². The van der Waals surface area contributed by atoms with E-state index in [1.807, 2.05) is 36.4 Å². The van der Waals surface area contributed by atoms with Crippen LogP contribution >= 0.6 is 0 Å². The predicted octanol–water partition coefficient (Wildman–Crippen LogP) is 4.04. The lowest BCUT2D eigenvalue weighted by atomic mass is 10.1. The highest BCUT2D eigenvalue weighted by Crippen LogP contribution is 2.24. The molecule has 6 heteroatoms. The van der Waals surface area contributed by atoms with Gasteiger partial charge in [0, 0.05) is 11.6 Å². The van der Waals surface area contributed by atoms with E-state index in [9.17, 15) is 9.59 Å². The minimum atomic E-state index is -1.03. The van der Waals surface area contributed by atoms with Crippen molar-refractivity contribution in [2.45, 2.75) is 31.6 Å². The van der Waals surface area contributed by atoms with Crippen molar-refractivity contribution in [3.63, 3.8) is 0 Å². The highest BCUT2D eigenvalue weighted by molar-refractivity contribution is 5.90. The molecule has 1 atom stereocenters. The molecule has 1 amide bonds. The monoisotopic (exact) mass is 391 g/mol. The molecule has 148 valence electrons. The molecule has 2 aromatic carbocycles. The summed E-state index contributed by atoms with van der Waals surface area (Å²) >= 11 is 0. The minimum Gasteiger partial charge on any atom is -0.486 e. The van der Waals surface area contributed by atoms with E-state index in [1.165, 1.54) is 6.07 Å². The first-order valence-electron chi connectivity index (χ1n) is 9.52. The summed E-state index contributed by atoms with van der Waals surface area (Å²) in [5.74, 6) is 0.187. The van der Waals surface area contributed by atoms with E-state index in [0.29, 0.717) is 17.1 Å². The summed E-state index contributed by atoms with van der Waals surface area (Å²) in [5, 5.41) is 2.89. The lowest BCUT2D eigenvalue weighted by Crippen LogP contribution is -2.33. The summed E-state index contributed by atoms with van der Waals surface area (Å²) in [6.07, 6.45) is 0.868. The number of rotatable bonds is 8. The molecule has 1 aliphatic carbocycles. The Morgan fingerprint density at radius 3 is 2.34 bits per heavy atom. The van der Waals surface area contributed by atoms with Crippen LogP contribution in [-0.4, -0.2) is 17.9 Å². The van der Waals surface area contributed by atoms with Crippen LogP contribution in [0.15, 0.2) is 77.2 Å². The van der Waals surface area contributed by atoms with E-state index in [1.54, 1.807) is 30.3 Å². The molecule has 0 bridgehead atoms. The maximum Gasteiger partial charge on any atom is 0.375 e. The molecule has 4 rings (SSSR count). The van der Waals surface area contributed by atoms with Crippen LogP contribution in [0.2, 0.25) is 0 Å². The first-order valence-corrected chi connectivity index (χ1v) is 9.52. The van der Waals surface area contributed by atoms with E-state index in [2.05, 4.69) is 5.32 Å². The first kappa shape index (κ1) is 18.8. The number of esters is 1. The van der Waals surface area contributed by atoms with Gasteiger partial charge in [-0.1, -0.05) is 48.5 Å². The zero-order valence-electron chi connectivity index (χ0n) is 15.7. The molecule has 0 unspecified atom stereocenters. The van der Waals surface area contributed by atoms with Gasteiger partial charge < -0.3 is 19.2 Å². The molecule has 0 radical (unpaired) electrons. The Labute approximate surface area is 168 Å². The number of ether oxygens (including phenoxy) is 2. The predicted molar refractivity (Wildman–Crippen MR) is 105 cm³/mol. The molecule has 1 heterocycles. The number of nitrogens with one attached hydrogen (secondary N) is 1. The quantitative estimate of drug-likeness (QED) is 0.587. The second kappa shape index (κ2) is 8.65. The van der Waals surface area contributed by atoms with Crippen molar-refractivity contribution in [1.82, 2.24) is 5.32 Å². The Bertz CT molecular complexity index is 963. The minimum absolute atomic E-state index is 0.0248. The molecular weight excluding hydrogens is 370 g/mol. The zero-order valence-corrected chi connectivity index (χ0v) is 15.7. The van der Waals surface area contributed by atoms with Crippen LogP contribution in [0.25, 0.3) is 0 Å². The average Bonchev–Trinajstić information content (AvgIpc) is 3.44. The van der Waals surface area contributed by atoms with Gasteiger partial charge in [0.05, 0.1) is 0 Å². The second-order valence-corrected chi connectivity index (χ2v) is 6.85. The molecule has 1 aromatic heterocycles. The van der Waals surface area contributed by atoms with Gasteiger partial charge >= 0.3 is 5.97 Å². The van der Waals surface area contributed by atoms with Crippen molar-refractivity contribution in [2.24, 2.45) is 0 Å². The topological polar surface area (TPSA) is 77.8 Å². The average molecular weight is 391 g/mol. The van der Waals surface area contributed by atoms with Crippen molar-refractivity contribution < 1.29 is 23.5 Å². The van der Waals surface area contributed by atoms with Gasteiger partial charge in [0.25, 0.3) is 5.91 Å². The lowest BCUT2D eigenvalue weighted by Gasteiger charge is -2.17. The van der Waals surface area contributed by atoms with Crippen molar-refractivity contribution in [1.29, 1.82) is 0 Å². The molecule has 29 heavy (non-hydrogen) atoms. The van der Waals surface area contributed by atoms with Crippen LogP contribution in [0.1, 0.15) is 40.8 Å². The van der Waals surface area contributed by atoms with E-state index in [-0.39, 0.29) is 24.3 Å². The normalized spacial score (nSPS) is 14.1. The number of furan rings is 1. The maximum absolute atomic E-state index is 12.6. The molecular formula is C23H21NO5. The van der Waals surface area contributed by atoms with E-state index >= 15 is 0 Å². The van der Waals surface area contributed by atoms with Gasteiger partial charge in [-0.3, -0.25) is 4.79 Å². The summed E-state index contributed by atoms with van der Waals surface area (Å²) in [6, 6.07) is 21.6. The fourth-order valence-electron chi connectivity index (χ4n) is 2.81. The Balaban J connectivity index is 1.42. The molecule has 0 spiro atoms. The molecule has 6 nitrogen and oxygen atoms in total. The Kier molecular flexibility index (Phi) is 5.61. The number of hydrogen-bond acceptors (Lipinski definition) is 5. The smallest absolute Gasteiger partial charge is 0.375 e. The highest BCUT2D eigenvalue weighted by atomic mass is 16.6. The zero-order chi connectivity index (χ0) is 20.1. The van der Waals surface area contributed by atoms with Crippen LogP contribution in [0.3, 0.4) is 0 Å². The van der Waals surface area contributed by atoms with Crippen molar-refractivity contribution in [3.05, 3.63) is 89.9 Å². The molecule has 1 N–H and O–H groups in total. The summed E-state index contributed by atoms with van der Waals surface area (Å²) < 4.78 is 16.7. The van der Waals surface area contributed by atoms with Crippen LogP contribution in [0, 0.1) is 0 Å². The van der Waals surface area contributed by atoms with Gasteiger partial charge in [-0.15, -0.1) is 0 Å². The third-order valence-corrected chi connectivity index (χ3v) is 4.48. The van der Waals surface area contributed by atoms with E-state index in [0.717, 1.165) is 12.8 Å². The Hall–Kier alpha value is -3.54. The van der Waals surface area contributed by atoms with Crippen molar-refractivity contribution >= 4 is 11.9 Å². The van der Waals surface area contributed by atoms with Gasteiger partial charge in [-0.25, -0.2) is 4.79 Å². The van der Waals surface area contributed by atoms with Gasteiger partial charge in [0.1, 0.15) is 18.1 Å². The number of amides is 1. The van der Waals surface area contributed by atoms with Crippen LogP contribution in [0.5, 0.6) is 5.75 Å². The third-order valence-electron chi connectivity index (χ3n) is 4.48. The molecule has 3 aromatic rings. The molecule has 1 saturated carbocycles. The number of carbonyl (C=O) groups excluding carboxylic acids is 2.